The molecule has 0 amide bonds. The molecule has 0 aromatic heterocycles. The lowest BCUT2D eigenvalue weighted by atomic mass is 10.1. The van der Waals surface area contributed by atoms with Gasteiger partial charge >= 0.3 is 0 Å². The number of ketones is 1. The number of carbonyl (C=O) groups is 1. The minimum atomic E-state index is -0.211. The molecule has 2 aromatic rings. The van der Waals surface area contributed by atoms with Crippen LogP contribution in [0.3, 0.4) is 0 Å². The predicted molar refractivity (Wildman–Crippen MR) is 94.3 cm³/mol. The summed E-state index contributed by atoms with van der Waals surface area (Å²) in [5.74, 6) is 0.595. The second kappa shape index (κ2) is 8.20. The van der Waals surface area contributed by atoms with Crippen molar-refractivity contribution in [3.05, 3.63) is 83.2 Å². The summed E-state index contributed by atoms with van der Waals surface area (Å²) in [6, 6.07) is 16.5. The molecular weight excluding hydrogens is 310 g/mol. The van der Waals surface area contributed by atoms with E-state index in [1.54, 1.807) is 41.4 Å². The molecule has 0 saturated heterocycles. The van der Waals surface area contributed by atoms with Crippen molar-refractivity contribution < 1.29 is 9.53 Å². The molecule has 2 rings (SSSR count). The van der Waals surface area contributed by atoms with E-state index >= 15 is 0 Å². The second-order valence-corrected chi connectivity index (χ2v) is 5.56. The van der Waals surface area contributed by atoms with E-state index in [0.717, 1.165) is 5.56 Å². The molecule has 0 aliphatic rings. The summed E-state index contributed by atoms with van der Waals surface area (Å²) in [4.78, 5) is 14.2. The number of hydrogen-bond acceptors (Lipinski definition) is 3. The van der Waals surface area contributed by atoms with Crippen LogP contribution in [-0.2, 0) is 4.79 Å². The normalized spacial score (nSPS) is 11.5. The van der Waals surface area contributed by atoms with Crippen LogP contribution in [0, 0.1) is 0 Å². The highest BCUT2D eigenvalue weighted by Crippen LogP contribution is 2.19. The highest BCUT2D eigenvalue weighted by atomic mass is 35.5. The van der Waals surface area contributed by atoms with E-state index in [1.165, 1.54) is 6.08 Å². The van der Waals surface area contributed by atoms with E-state index in [1.807, 2.05) is 44.4 Å². The molecule has 0 bridgehead atoms. The van der Waals surface area contributed by atoms with Crippen molar-refractivity contribution in [2.45, 2.75) is 0 Å². The average molecular weight is 328 g/mol. The molecule has 4 heteroatoms. The Balaban J connectivity index is 2.29. The van der Waals surface area contributed by atoms with Crippen molar-refractivity contribution in [2.75, 3.05) is 14.1 Å². The van der Waals surface area contributed by atoms with Crippen molar-refractivity contribution in [2.24, 2.45) is 0 Å². The minimum absolute atomic E-state index is 0.211. The van der Waals surface area contributed by atoms with Crippen LogP contribution in [0.1, 0.15) is 5.56 Å². The average Bonchev–Trinajstić information content (AvgIpc) is 2.55. The van der Waals surface area contributed by atoms with Gasteiger partial charge in [0.2, 0.25) is 5.78 Å². The summed E-state index contributed by atoms with van der Waals surface area (Å²) in [5, 5.41) is 0.616. The highest BCUT2D eigenvalue weighted by Gasteiger charge is 2.10. The lowest BCUT2D eigenvalue weighted by Crippen LogP contribution is -2.09. The Morgan fingerprint density at radius 1 is 1.04 bits per heavy atom. The number of carbonyl (C=O) groups excluding carboxylic acids is 1. The van der Waals surface area contributed by atoms with Gasteiger partial charge in [-0.1, -0.05) is 41.9 Å². The molecule has 3 nitrogen and oxygen atoms in total. The van der Waals surface area contributed by atoms with E-state index in [9.17, 15) is 4.79 Å². The fraction of sp³-hybridized carbons (Fsp3) is 0.105. The molecule has 0 saturated carbocycles. The van der Waals surface area contributed by atoms with Crippen LogP contribution in [-0.4, -0.2) is 24.8 Å². The van der Waals surface area contributed by atoms with Crippen molar-refractivity contribution in [3.63, 3.8) is 0 Å². The van der Waals surface area contributed by atoms with E-state index in [-0.39, 0.29) is 11.5 Å². The van der Waals surface area contributed by atoms with Crippen LogP contribution in [0.2, 0.25) is 5.02 Å². The number of benzene rings is 2. The first-order valence-electron chi connectivity index (χ1n) is 7.14. The molecule has 0 unspecified atom stereocenters. The molecule has 0 aliphatic carbocycles. The summed E-state index contributed by atoms with van der Waals surface area (Å²) < 4.78 is 5.75. The van der Waals surface area contributed by atoms with E-state index in [2.05, 4.69) is 0 Å². The molecule has 23 heavy (non-hydrogen) atoms. The number of allylic oxidation sites excluding steroid dienone is 1. The number of hydrogen-bond donors (Lipinski definition) is 0. The summed E-state index contributed by atoms with van der Waals surface area (Å²) in [6.07, 6.45) is 4.88. The summed E-state index contributed by atoms with van der Waals surface area (Å²) in [6.45, 7) is 0. The Morgan fingerprint density at radius 3 is 2.30 bits per heavy atom. The molecule has 0 spiro atoms. The highest BCUT2D eigenvalue weighted by molar-refractivity contribution is 6.30. The lowest BCUT2D eigenvalue weighted by molar-refractivity contribution is -0.113. The van der Waals surface area contributed by atoms with Gasteiger partial charge in [-0.15, -0.1) is 0 Å². The van der Waals surface area contributed by atoms with E-state index in [4.69, 9.17) is 16.3 Å². The van der Waals surface area contributed by atoms with Crippen LogP contribution in [0.5, 0.6) is 5.75 Å². The van der Waals surface area contributed by atoms with Gasteiger partial charge in [-0.3, -0.25) is 4.79 Å². The number of ether oxygens (including phenoxy) is 1. The molecule has 0 N–H and O–H groups in total. The Kier molecular flexibility index (Phi) is 6.01. The Bertz CT molecular complexity index is 704. The van der Waals surface area contributed by atoms with Crippen LogP contribution >= 0.6 is 11.6 Å². The third-order valence-corrected chi connectivity index (χ3v) is 3.16. The van der Waals surface area contributed by atoms with Crippen LogP contribution in [0.15, 0.2) is 72.6 Å². The second-order valence-electron chi connectivity index (χ2n) is 5.12. The predicted octanol–water partition coefficient (Wildman–Crippen LogP) is 4.40. The standard InChI is InChI=1S/C19H18ClNO2/c1-21(2)13-12-18(22)19(14-15-6-4-3-5-7-15)23-17-10-8-16(20)9-11-17/h3-14H,1-2H3/b13-12+,19-14-. The molecule has 118 valence electrons. The van der Waals surface area contributed by atoms with Gasteiger partial charge in [0.05, 0.1) is 0 Å². The molecule has 0 heterocycles. The first-order chi connectivity index (χ1) is 11.0. The maximum absolute atomic E-state index is 12.4. The van der Waals surface area contributed by atoms with Gasteiger partial charge in [0.15, 0.2) is 5.76 Å². The third-order valence-electron chi connectivity index (χ3n) is 2.91. The summed E-state index contributed by atoms with van der Waals surface area (Å²) >= 11 is 5.87. The molecule has 2 aromatic carbocycles. The Labute approximate surface area is 141 Å². The first kappa shape index (κ1) is 16.8. The zero-order valence-corrected chi connectivity index (χ0v) is 13.8. The molecule has 0 atom stereocenters. The maximum atomic E-state index is 12.4. The van der Waals surface area contributed by atoms with Gasteiger partial charge in [0, 0.05) is 31.4 Å². The number of nitrogens with zero attached hydrogens (tertiary/aromatic N) is 1. The van der Waals surface area contributed by atoms with Crippen LogP contribution < -0.4 is 4.74 Å². The van der Waals surface area contributed by atoms with Crippen molar-refractivity contribution in [3.8, 4) is 5.75 Å². The van der Waals surface area contributed by atoms with Gasteiger partial charge in [-0.2, -0.15) is 0 Å². The Morgan fingerprint density at radius 2 is 1.70 bits per heavy atom. The Hall–Kier alpha value is -2.52. The van der Waals surface area contributed by atoms with Crippen LogP contribution in [0.25, 0.3) is 6.08 Å². The van der Waals surface area contributed by atoms with Gasteiger partial charge in [-0.25, -0.2) is 0 Å². The van der Waals surface area contributed by atoms with Crippen molar-refractivity contribution in [1.82, 2.24) is 4.90 Å². The molecule has 0 radical (unpaired) electrons. The SMILES string of the molecule is CN(C)/C=C/C(=O)/C(=C/c1ccccc1)Oc1ccc(Cl)cc1. The zero-order valence-electron chi connectivity index (χ0n) is 13.1. The first-order valence-corrected chi connectivity index (χ1v) is 7.51. The molecule has 0 aliphatic heterocycles. The quantitative estimate of drug-likeness (QED) is 0.581. The van der Waals surface area contributed by atoms with Crippen LogP contribution in [0.4, 0.5) is 0 Å². The molecule has 0 fully saturated rings. The van der Waals surface area contributed by atoms with Gasteiger partial charge in [0.1, 0.15) is 5.75 Å². The van der Waals surface area contributed by atoms with Gasteiger partial charge in [0.25, 0.3) is 0 Å². The monoisotopic (exact) mass is 327 g/mol. The minimum Gasteiger partial charge on any atom is -0.453 e. The number of rotatable bonds is 6. The topological polar surface area (TPSA) is 29.5 Å². The van der Waals surface area contributed by atoms with Gasteiger partial charge in [-0.05, 0) is 35.9 Å². The summed E-state index contributed by atoms with van der Waals surface area (Å²) in [7, 11) is 3.70. The van der Waals surface area contributed by atoms with E-state index < -0.39 is 0 Å². The third kappa shape index (κ3) is 5.64. The van der Waals surface area contributed by atoms with E-state index in [0.29, 0.717) is 10.8 Å². The fourth-order valence-electron chi connectivity index (χ4n) is 1.78. The fourth-order valence-corrected chi connectivity index (χ4v) is 1.91. The maximum Gasteiger partial charge on any atom is 0.222 e. The summed E-state index contributed by atoms with van der Waals surface area (Å²) in [5.41, 5.74) is 0.892. The van der Waals surface area contributed by atoms with Gasteiger partial charge < -0.3 is 9.64 Å². The zero-order chi connectivity index (χ0) is 16.7. The number of halogens is 1. The smallest absolute Gasteiger partial charge is 0.222 e. The van der Waals surface area contributed by atoms with Crippen molar-refractivity contribution in [1.29, 1.82) is 0 Å². The lowest BCUT2D eigenvalue weighted by Gasteiger charge is -2.09. The van der Waals surface area contributed by atoms with Crippen molar-refractivity contribution >= 4 is 23.5 Å². The largest absolute Gasteiger partial charge is 0.453 e. The molecular formula is C19H18ClNO2.